The van der Waals surface area contributed by atoms with Crippen molar-refractivity contribution in [3.05, 3.63) is 24.3 Å². The topological polar surface area (TPSA) is 102 Å². The summed E-state index contributed by atoms with van der Waals surface area (Å²) in [5.74, 6) is -1.86. The molecule has 0 spiro atoms. The number of carboxylic acid groups (broad SMARTS) is 1. The number of unbranched alkanes of at least 4 members (excludes halogenated alkanes) is 9. The van der Waals surface area contributed by atoms with Gasteiger partial charge in [-0.2, -0.15) is 0 Å². The predicted molar refractivity (Wildman–Crippen MR) is 157 cm³/mol. The van der Waals surface area contributed by atoms with E-state index in [4.69, 9.17) is 14.2 Å². The Morgan fingerprint density at radius 3 is 1.95 bits per heavy atom. The van der Waals surface area contributed by atoms with Crippen molar-refractivity contribution in [3.8, 4) is 0 Å². The Labute approximate surface area is 243 Å². The molecule has 0 amide bonds. The van der Waals surface area contributed by atoms with Gasteiger partial charge in [0.1, 0.15) is 12.6 Å². The minimum atomic E-state index is -1.14. The number of quaternary nitrogens is 1. The van der Waals surface area contributed by atoms with Crippen molar-refractivity contribution in [1.29, 1.82) is 0 Å². The second-order valence-corrected chi connectivity index (χ2v) is 11.3. The monoisotopic (exact) mass is 567 g/mol. The Morgan fingerprint density at radius 1 is 0.775 bits per heavy atom. The number of esters is 2. The van der Waals surface area contributed by atoms with Crippen LogP contribution in [0.3, 0.4) is 0 Å². The highest BCUT2D eigenvalue weighted by Gasteiger charge is 2.25. The van der Waals surface area contributed by atoms with Gasteiger partial charge < -0.3 is 28.6 Å². The van der Waals surface area contributed by atoms with Crippen LogP contribution in [0.5, 0.6) is 0 Å². The minimum absolute atomic E-state index is 0.0297. The highest BCUT2D eigenvalue weighted by atomic mass is 16.6. The summed E-state index contributed by atoms with van der Waals surface area (Å²) in [7, 11) is 5.34. The van der Waals surface area contributed by atoms with Crippen molar-refractivity contribution < 1.29 is 38.2 Å². The second-order valence-electron chi connectivity index (χ2n) is 11.3. The van der Waals surface area contributed by atoms with Gasteiger partial charge in [-0.3, -0.25) is 9.59 Å². The van der Waals surface area contributed by atoms with E-state index in [9.17, 15) is 19.5 Å². The van der Waals surface area contributed by atoms with E-state index in [2.05, 4.69) is 31.2 Å². The summed E-state index contributed by atoms with van der Waals surface area (Å²) in [6, 6.07) is -0.720. The molecule has 2 atom stereocenters. The summed E-state index contributed by atoms with van der Waals surface area (Å²) in [6.45, 7) is 4.03. The zero-order chi connectivity index (χ0) is 30.1. The molecule has 40 heavy (non-hydrogen) atoms. The average molecular weight is 568 g/mol. The van der Waals surface area contributed by atoms with Gasteiger partial charge in [0.25, 0.3) is 0 Å². The third kappa shape index (κ3) is 22.6. The molecular formula is C32H57NO7. The van der Waals surface area contributed by atoms with E-state index in [1.54, 1.807) is 28.1 Å². The van der Waals surface area contributed by atoms with E-state index in [1.807, 2.05) is 0 Å². The van der Waals surface area contributed by atoms with Gasteiger partial charge in [0.15, 0.2) is 6.10 Å². The van der Waals surface area contributed by atoms with Gasteiger partial charge in [0, 0.05) is 19.3 Å². The maximum atomic E-state index is 12.4. The molecule has 0 aliphatic rings. The highest BCUT2D eigenvalue weighted by molar-refractivity contribution is 5.70. The molecule has 0 fully saturated rings. The van der Waals surface area contributed by atoms with Crippen molar-refractivity contribution in [2.24, 2.45) is 0 Å². The quantitative estimate of drug-likeness (QED) is 0.0606. The van der Waals surface area contributed by atoms with Gasteiger partial charge in [-0.05, 0) is 38.5 Å². The average Bonchev–Trinajstić information content (AvgIpc) is 2.89. The smallest absolute Gasteiger partial charge is 0.306 e. The fourth-order valence-electron chi connectivity index (χ4n) is 4.14. The predicted octanol–water partition coefficient (Wildman–Crippen LogP) is 5.29. The molecule has 2 unspecified atom stereocenters. The Hall–Kier alpha value is -2.19. The van der Waals surface area contributed by atoms with Crippen LogP contribution in [0.4, 0.5) is 0 Å². The van der Waals surface area contributed by atoms with E-state index in [-0.39, 0.29) is 49.1 Å². The number of carbonyl (C=O) groups is 3. The number of hydrogen-bond donors (Lipinski definition) is 0. The zero-order valence-electron chi connectivity index (χ0n) is 26.0. The van der Waals surface area contributed by atoms with Crippen LogP contribution >= 0.6 is 0 Å². The molecule has 0 radical (unpaired) electrons. The van der Waals surface area contributed by atoms with Gasteiger partial charge in [0.2, 0.25) is 0 Å². The number of carboxylic acids is 1. The van der Waals surface area contributed by atoms with Crippen LogP contribution in [0.15, 0.2) is 24.3 Å². The van der Waals surface area contributed by atoms with Crippen molar-refractivity contribution >= 4 is 17.9 Å². The van der Waals surface area contributed by atoms with Crippen LogP contribution in [0.25, 0.3) is 0 Å². The molecule has 0 saturated heterocycles. The fourth-order valence-corrected chi connectivity index (χ4v) is 4.14. The summed E-state index contributed by atoms with van der Waals surface area (Å²) in [5, 5.41) is 11.4. The third-order valence-electron chi connectivity index (χ3n) is 6.65. The normalized spacial score (nSPS) is 13.5. The van der Waals surface area contributed by atoms with Gasteiger partial charge >= 0.3 is 11.9 Å². The molecule has 0 heterocycles. The minimum Gasteiger partial charge on any atom is -0.544 e. The first-order valence-electron chi connectivity index (χ1n) is 15.4. The lowest BCUT2D eigenvalue weighted by Gasteiger charge is -2.34. The summed E-state index contributed by atoms with van der Waals surface area (Å²) in [5.41, 5.74) is 0. The zero-order valence-corrected chi connectivity index (χ0v) is 26.0. The molecule has 232 valence electrons. The first kappa shape index (κ1) is 37.8. The number of likely N-dealkylation sites (N-methyl/N-ethyl adjacent to an activating group) is 1. The van der Waals surface area contributed by atoms with Crippen molar-refractivity contribution in [2.75, 3.05) is 41.0 Å². The molecular weight excluding hydrogens is 510 g/mol. The number of rotatable bonds is 26. The number of allylic oxidation sites excluding steroid dienone is 4. The molecule has 0 rings (SSSR count). The SMILES string of the molecule is CCCCCC/C=C\C/C=C\CCCCCCCC(=O)OC(COCCC(C(=O)[O-])[N+](C)(C)C)COC(=O)CC. The van der Waals surface area contributed by atoms with E-state index in [0.29, 0.717) is 6.42 Å². The maximum absolute atomic E-state index is 12.4. The van der Waals surface area contributed by atoms with Gasteiger partial charge in [-0.15, -0.1) is 0 Å². The van der Waals surface area contributed by atoms with Gasteiger partial charge in [0.05, 0.1) is 40.3 Å². The van der Waals surface area contributed by atoms with Crippen LogP contribution in [-0.4, -0.2) is 75.5 Å². The number of nitrogens with zero attached hydrogens (tertiary/aromatic N) is 1. The van der Waals surface area contributed by atoms with Crippen LogP contribution in [0.1, 0.15) is 110 Å². The lowest BCUT2D eigenvalue weighted by atomic mass is 10.1. The number of hydrogen-bond acceptors (Lipinski definition) is 7. The Balaban J connectivity index is 4.13. The standard InChI is InChI=1S/C32H57NO7/c1-6-8-9-10-11-12-13-14-15-16-17-18-19-20-21-22-23-31(35)40-28(27-39-30(34)7-2)26-38-25-24-29(32(36)37)33(3,4)5/h12-13,15-16,28-29H,6-11,14,17-27H2,1-5H3/b13-12-,16-15-. The Bertz CT molecular complexity index is 727. The van der Waals surface area contributed by atoms with Gasteiger partial charge in [-0.1, -0.05) is 76.7 Å². The second kappa shape index (κ2) is 24.6. The Kier molecular flexibility index (Phi) is 23.2. The van der Waals surface area contributed by atoms with E-state index in [1.165, 1.54) is 32.1 Å². The molecule has 0 aromatic rings. The molecule has 0 saturated carbocycles. The summed E-state index contributed by atoms with van der Waals surface area (Å²) < 4.78 is 16.5. The van der Waals surface area contributed by atoms with Crippen molar-refractivity contribution in [3.63, 3.8) is 0 Å². The van der Waals surface area contributed by atoms with E-state index < -0.39 is 18.1 Å². The fraction of sp³-hybridized carbons (Fsp3) is 0.781. The van der Waals surface area contributed by atoms with Gasteiger partial charge in [-0.25, -0.2) is 0 Å². The third-order valence-corrected chi connectivity index (χ3v) is 6.65. The van der Waals surface area contributed by atoms with Crippen LogP contribution < -0.4 is 5.11 Å². The van der Waals surface area contributed by atoms with E-state index >= 15 is 0 Å². The largest absolute Gasteiger partial charge is 0.544 e. The lowest BCUT2D eigenvalue weighted by molar-refractivity contribution is -0.889. The van der Waals surface area contributed by atoms with Crippen molar-refractivity contribution in [1.82, 2.24) is 0 Å². The number of aliphatic carboxylic acids is 1. The van der Waals surface area contributed by atoms with Crippen LogP contribution in [0.2, 0.25) is 0 Å². The molecule has 0 aliphatic carbocycles. The molecule has 0 aromatic heterocycles. The maximum Gasteiger partial charge on any atom is 0.306 e. The molecule has 0 aromatic carbocycles. The van der Waals surface area contributed by atoms with Crippen LogP contribution in [0, 0.1) is 0 Å². The molecule has 8 nitrogen and oxygen atoms in total. The lowest BCUT2D eigenvalue weighted by Crippen LogP contribution is -2.55. The first-order chi connectivity index (χ1) is 19.1. The molecule has 0 N–H and O–H groups in total. The number of carbonyl (C=O) groups excluding carboxylic acids is 3. The summed E-state index contributed by atoms with van der Waals surface area (Å²) in [6.07, 6.45) is 22.7. The van der Waals surface area contributed by atoms with Crippen LogP contribution in [-0.2, 0) is 28.6 Å². The molecule has 8 heteroatoms. The van der Waals surface area contributed by atoms with Crippen molar-refractivity contribution in [2.45, 2.75) is 122 Å². The first-order valence-corrected chi connectivity index (χ1v) is 15.4. The van der Waals surface area contributed by atoms with E-state index in [0.717, 1.165) is 44.9 Å². The Morgan fingerprint density at radius 2 is 1.38 bits per heavy atom. The summed E-state index contributed by atoms with van der Waals surface area (Å²) in [4.78, 5) is 35.3. The molecule has 0 aliphatic heterocycles. The highest BCUT2D eigenvalue weighted by Crippen LogP contribution is 2.11. The molecule has 0 bridgehead atoms. The number of ether oxygens (including phenoxy) is 3. The summed E-state index contributed by atoms with van der Waals surface area (Å²) >= 11 is 0.